The molecule has 3 aromatic rings. The van der Waals surface area contributed by atoms with Crippen LogP contribution in [0.15, 0.2) is 64.4 Å². The Morgan fingerprint density at radius 2 is 1.38 bits per heavy atom. The van der Waals surface area contributed by atoms with E-state index in [0.29, 0.717) is 23.1 Å². The Balaban J connectivity index is 1.59. The van der Waals surface area contributed by atoms with Crippen LogP contribution in [0.1, 0.15) is 11.1 Å². The van der Waals surface area contributed by atoms with Crippen molar-refractivity contribution in [2.24, 2.45) is 0 Å². The van der Waals surface area contributed by atoms with E-state index in [4.69, 9.17) is 21.1 Å². The number of ether oxygens (including phenoxy) is 2. The van der Waals surface area contributed by atoms with Crippen LogP contribution in [0.2, 0.25) is 5.02 Å². The van der Waals surface area contributed by atoms with Crippen molar-refractivity contribution in [2.75, 3.05) is 6.79 Å². The lowest BCUT2D eigenvalue weighted by Crippen LogP contribution is -2.40. The van der Waals surface area contributed by atoms with E-state index in [1.54, 1.807) is 30.6 Å². The van der Waals surface area contributed by atoms with Gasteiger partial charge in [0.15, 0.2) is 11.5 Å². The molecular weight excluding hydrogens is 356 g/mol. The average Bonchev–Trinajstić information content (AvgIpc) is 3.11. The van der Waals surface area contributed by atoms with E-state index in [2.05, 4.69) is 0 Å². The third kappa shape index (κ3) is 3.23. The maximum absolute atomic E-state index is 12.4. The van der Waals surface area contributed by atoms with E-state index in [0.717, 1.165) is 11.1 Å². The van der Waals surface area contributed by atoms with Crippen molar-refractivity contribution >= 4 is 11.6 Å². The van der Waals surface area contributed by atoms with Crippen LogP contribution < -0.4 is 20.6 Å². The lowest BCUT2D eigenvalue weighted by molar-refractivity contribution is 0.174. The van der Waals surface area contributed by atoms with Crippen LogP contribution in [0, 0.1) is 0 Å². The number of hydrogen-bond donors (Lipinski definition) is 0. The van der Waals surface area contributed by atoms with E-state index < -0.39 is 11.1 Å². The molecule has 26 heavy (non-hydrogen) atoms. The summed E-state index contributed by atoms with van der Waals surface area (Å²) in [5, 5.41) is 0.625. The van der Waals surface area contributed by atoms with Crippen LogP contribution in [0.3, 0.4) is 0 Å². The highest BCUT2D eigenvalue weighted by molar-refractivity contribution is 6.30. The van der Waals surface area contributed by atoms with Crippen LogP contribution >= 0.6 is 11.6 Å². The van der Waals surface area contributed by atoms with Crippen molar-refractivity contribution in [1.82, 2.24) is 9.13 Å². The van der Waals surface area contributed by atoms with Gasteiger partial charge in [0.2, 0.25) is 6.79 Å². The number of fused-ring (bicyclic) bond motifs is 1. The van der Waals surface area contributed by atoms with Gasteiger partial charge in [0, 0.05) is 17.4 Å². The Morgan fingerprint density at radius 3 is 2.08 bits per heavy atom. The first-order valence-electron chi connectivity index (χ1n) is 8.03. The van der Waals surface area contributed by atoms with Gasteiger partial charge in [-0.15, -0.1) is 0 Å². The molecule has 6 nitrogen and oxygen atoms in total. The maximum Gasteiger partial charge on any atom is 0.316 e. The van der Waals surface area contributed by atoms with Gasteiger partial charge in [-0.05, 0) is 35.4 Å². The standard InChI is InChI=1S/C19H15ClN2O4/c20-15-4-1-13(2-5-15)10-21-7-8-22(19(24)18(21)23)11-14-3-6-16-17(9-14)26-12-25-16/h1-9H,10-12H2. The number of aromatic nitrogens is 2. The predicted octanol–water partition coefficient (Wildman–Crippen LogP) is 2.49. The first-order valence-corrected chi connectivity index (χ1v) is 8.41. The van der Waals surface area contributed by atoms with E-state index in [9.17, 15) is 9.59 Å². The number of halogens is 1. The summed E-state index contributed by atoms with van der Waals surface area (Å²) in [6.07, 6.45) is 3.23. The maximum atomic E-state index is 12.4. The molecule has 0 radical (unpaired) electrons. The molecular formula is C19H15ClN2O4. The quantitative estimate of drug-likeness (QED) is 0.662. The summed E-state index contributed by atoms with van der Waals surface area (Å²) in [4.78, 5) is 24.8. The van der Waals surface area contributed by atoms with Crippen LogP contribution in [-0.4, -0.2) is 15.9 Å². The second-order valence-corrected chi connectivity index (χ2v) is 6.41. The van der Waals surface area contributed by atoms with Gasteiger partial charge in [-0.3, -0.25) is 9.59 Å². The minimum atomic E-state index is -0.570. The number of benzene rings is 2. The Bertz CT molecular complexity index is 1070. The second kappa shape index (κ2) is 6.72. The lowest BCUT2D eigenvalue weighted by Gasteiger charge is -2.10. The van der Waals surface area contributed by atoms with Crippen LogP contribution in [0.25, 0.3) is 0 Å². The molecule has 7 heteroatoms. The first kappa shape index (κ1) is 16.5. The Labute approximate surface area is 153 Å². The van der Waals surface area contributed by atoms with Gasteiger partial charge in [0.05, 0.1) is 13.1 Å². The Hall–Kier alpha value is -2.99. The molecule has 0 amide bonds. The summed E-state index contributed by atoms with van der Waals surface area (Å²) >= 11 is 5.87. The highest BCUT2D eigenvalue weighted by Crippen LogP contribution is 2.32. The molecule has 1 aliphatic rings. The lowest BCUT2D eigenvalue weighted by atomic mass is 10.2. The zero-order valence-corrected chi connectivity index (χ0v) is 14.5. The molecule has 0 aliphatic carbocycles. The normalized spacial score (nSPS) is 12.3. The summed E-state index contributed by atoms with van der Waals surface area (Å²) in [6, 6.07) is 12.6. The molecule has 4 rings (SSSR count). The fourth-order valence-corrected chi connectivity index (χ4v) is 2.94. The van der Waals surface area contributed by atoms with Crippen molar-refractivity contribution in [1.29, 1.82) is 0 Å². The fraction of sp³-hybridized carbons (Fsp3) is 0.158. The van der Waals surface area contributed by atoms with Crippen molar-refractivity contribution < 1.29 is 9.47 Å². The molecule has 132 valence electrons. The molecule has 0 saturated heterocycles. The smallest absolute Gasteiger partial charge is 0.316 e. The summed E-state index contributed by atoms with van der Waals surface area (Å²) in [7, 11) is 0. The molecule has 0 bridgehead atoms. The van der Waals surface area contributed by atoms with Crippen LogP contribution in [0.4, 0.5) is 0 Å². The number of nitrogens with zero attached hydrogens (tertiary/aromatic N) is 2. The molecule has 1 aromatic heterocycles. The summed E-state index contributed by atoms with van der Waals surface area (Å²) < 4.78 is 13.4. The molecule has 0 atom stereocenters. The highest BCUT2D eigenvalue weighted by atomic mass is 35.5. The predicted molar refractivity (Wildman–Crippen MR) is 97.2 cm³/mol. The molecule has 2 aromatic carbocycles. The van der Waals surface area contributed by atoms with Crippen molar-refractivity contribution in [3.8, 4) is 11.5 Å². The second-order valence-electron chi connectivity index (χ2n) is 5.98. The number of hydrogen-bond acceptors (Lipinski definition) is 4. The van der Waals surface area contributed by atoms with E-state index in [1.165, 1.54) is 9.13 Å². The van der Waals surface area contributed by atoms with E-state index >= 15 is 0 Å². The molecule has 0 N–H and O–H groups in total. The minimum absolute atomic E-state index is 0.194. The summed E-state index contributed by atoms with van der Waals surface area (Å²) in [5.74, 6) is 1.33. The molecule has 0 spiro atoms. The third-order valence-electron chi connectivity index (χ3n) is 4.19. The van der Waals surface area contributed by atoms with Crippen molar-refractivity contribution in [3.05, 3.63) is 91.7 Å². The minimum Gasteiger partial charge on any atom is -0.454 e. The Morgan fingerprint density at radius 1 is 0.808 bits per heavy atom. The van der Waals surface area contributed by atoms with Crippen molar-refractivity contribution in [3.63, 3.8) is 0 Å². The van der Waals surface area contributed by atoms with E-state index in [1.807, 2.05) is 24.3 Å². The average molecular weight is 371 g/mol. The molecule has 1 aliphatic heterocycles. The van der Waals surface area contributed by atoms with Gasteiger partial charge in [0.25, 0.3) is 0 Å². The molecule has 2 heterocycles. The fourth-order valence-electron chi connectivity index (χ4n) is 2.81. The highest BCUT2D eigenvalue weighted by Gasteiger charge is 2.14. The van der Waals surface area contributed by atoms with Gasteiger partial charge in [-0.1, -0.05) is 29.8 Å². The van der Waals surface area contributed by atoms with Crippen LogP contribution in [0.5, 0.6) is 11.5 Å². The first-order chi connectivity index (χ1) is 12.6. The van der Waals surface area contributed by atoms with Gasteiger partial charge in [0.1, 0.15) is 0 Å². The van der Waals surface area contributed by atoms with Gasteiger partial charge >= 0.3 is 11.1 Å². The Kier molecular flexibility index (Phi) is 4.26. The van der Waals surface area contributed by atoms with Crippen molar-refractivity contribution in [2.45, 2.75) is 13.1 Å². The van der Waals surface area contributed by atoms with Crippen LogP contribution in [-0.2, 0) is 13.1 Å². The molecule has 0 fully saturated rings. The topological polar surface area (TPSA) is 62.5 Å². The monoisotopic (exact) mass is 370 g/mol. The third-order valence-corrected chi connectivity index (χ3v) is 4.44. The zero-order valence-electron chi connectivity index (χ0n) is 13.7. The SMILES string of the molecule is O=c1c(=O)n(Cc2ccc3c(c2)OCO3)ccn1Cc1ccc(Cl)cc1. The van der Waals surface area contributed by atoms with Gasteiger partial charge in [-0.25, -0.2) is 0 Å². The van der Waals surface area contributed by atoms with Gasteiger partial charge < -0.3 is 18.6 Å². The van der Waals surface area contributed by atoms with Gasteiger partial charge in [-0.2, -0.15) is 0 Å². The molecule has 0 saturated carbocycles. The van der Waals surface area contributed by atoms with E-state index in [-0.39, 0.29) is 13.3 Å². The summed E-state index contributed by atoms with van der Waals surface area (Å²) in [5.41, 5.74) is 0.609. The largest absolute Gasteiger partial charge is 0.454 e. The summed E-state index contributed by atoms with van der Waals surface area (Å²) in [6.45, 7) is 0.794. The molecule has 0 unspecified atom stereocenters. The zero-order chi connectivity index (χ0) is 18.1. The number of rotatable bonds is 4.